The molecule has 2 heterocycles. The number of carbonyl (C=O) groups excluding carboxylic acids is 1. The lowest BCUT2D eigenvalue weighted by molar-refractivity contribution is -0.137. The lowest BCUT2D eigenvalue weighted by Gasteiger charge is -2.34. The Balaban J connectivity index is 2.05. The molecule has 1 amide bonds. The quantitative estimate of drug-likeness (QED) is 0.844. The van der Waals surface area contributed by atoms with Crippen LogP contribution >= 0.6 is 0 Å². The van der Waals surface area contributed by atoms with Crippen LogP contribution in [0.5, 0.6) is 0 Å². The molecule has 0 spiro atoms. The number of rotatable bonds is 4. The number of furan rings is 1. The molecule has 0 N–H and O–H groups in total. The van der Waals surface area contributed by atoms with Crippen LogP contribution in [0.3, 0.4) is 0 Å². The summed E-state index contributed by atoms with van der Waals surface area (Å²) in [7, 11) is -1.51. The SMILES string of the molecule is CC(c1ccco1)N(C)C(=O)C1CCCN(S(C)(=O)=O)C1. The monoisotopic (exact) mass is 314 g/mol. The van der Waals surface area contributed by atoms with Crippen molar-refractivity contribution in [1.82, 2.24) is 9.21 Å². The molecular weight excluding hydrogens is 292 g/mol. The normalized spacial score (nSPS) is 22.0. The third kappa shape index (κ3) is 3.65. The topological polar surface area (TPSA) is 70.8 Å². The highest BCUT2D eigenvalue weighted by Crippen LogP contribution is 2.25. The highest BCUT2D eigenvalue weighted by molar-refractivity contribution is 7.88. The van der Waals surface area contributed by atoms with Crippen molar-refractivity contribution in [2.24, 2.45) is 5.92 Å². The van der Waals surface area contributed by atoms with E-state index in [2.05, 4.69) is 0 Å². The molecule has 0 aromatic carbocycles. The van der Waals surface area contributed by atoms with E-state index in [1.54, 1.807) is 24.3 Å². The van der Waals surface area contributed by atoms with Gasteiger partial charge in [-0.3, -0.25) is 4.79 Å². The molecule has 118 valence electrons. The van der Waals surface area contributed by atoms with Crippen LogP contribution in [0.2, 0.25) is 0 Å². The molecule has 1 aliphatic heterocycles. The van der Waals surface area contributed by atoms with Crippen molar-refractivity contribution in [3.63, 3.8) is 0 Å². The molecule has 1 aliphatic rings. The zero-order valence-corrected chi connectivity index (χ0v) is 13.5. The number of sulfonamides is 1. The Labute approximate surface area is 125 Å². The predicted molar refractivity (Wildman–Crippen MR) is 79.0 cm³/mol. The van der Waals surface area contributed by atoms with E-state index in [1.807, 2.05) is 13.0 Å². The van der Waals surface area contributed by atoms with E-state index in [9.17, 15) is 13.2 Å². The molecule has 6 nitrogen and oxygen atoms in total. The Hall–Kier alpha value is -1.34. The molecular formula is C14H22N2O4S. The lowest BCUT2D eigenvalue weighted by atomic mass is 9.97. The molecule has 2 unspecified atom stereocenters. The van der Waals surface area contributed by atoms with Gasteiger partial charge >= 0.3 is 0 Å². The predicted octanol–water partition coefficient (Wildman–Crippen LogP) is 1.47. The fourth-order valence-electron chi connectivity index (χ4n) is 2.64. The zero-order chi connectivity index (χ0) is 15.6. The maximum absolute atomic E-state index is 12.6. The van der Waals surface area contributed by atoms with Gasteiger partial charge in [0.15, 0.2) is 0 Å². The first-order chi connectivity index (χ1) is 9.80. The Morgan fingerprint density at radius 1 is 1.52 bits per heavy atom. The number of hydrogen-bond acceptors (Lipinski definition) is 4. The van der Waals surface area contributed by atoms with Crippen LogP contribution in [0.4, 0.5) is 0 Å². The first-order valence-corrected chi connectivity index (χ1v) is 8.90. The summed E-state index contributed by atoms with van der Waals surface area (Å²) >= 11 is 0. The molecule has 1 fully saturated rings. The number of nitrogens with zero attached hydrogens (tertiary/aromatic N) is 2. The fourth-order valence-corrected chi connectivity index (χ4v) is 3.56. The van der Waals surface area contributed by atoms with Crippen LogP contribution in [0.1, 0.15) is 31.6 Å². The molecule has 21 heavy (non-hydrogen) atoms. The molecule has 0 bridgehead atoms. The molecule has 7 heteroatoms. The largest absolute Gasteiger partial charge is 0.467 e. The van der Waals surface area contributed by atoms with Crippen LogP contribution in [-0.4, -0.2) is 49.9 Å². The van der Waals surface area contributed by atoms with E-state index in [4.69, 9.17) is 4.42 Å². The Kier molecular flexibility index (Phi) is 4.73. The van der Waals surface area contributed by atoms with Crippen molar-refractivity contribution in [1.29, 1.82) is 0 Å². The van der Waals surface area contributed by atoms with Gasteiger partial charge in [-0.05, 0) is 31.9 Å². The van der Waals surface area contributed by atoms with Gasteiger partial charge in [0.2, 0.25) is 15.9 Å². The minimum Gasteiger partial charge on any atom is -0.467 e. The first-order valence-electron chi connectivity index (χ1n) is 7.06. The average Bonchev–Trinajstić information content (AvgIpc) is 2.98. The maximum atomic E-state index is 12.6. The van der Waals surface area contributed by atoms with Crippen LogP contribution in [-0.2, 0) is 14.8 Å². The van der Waals surface area contributed by atoms with Crippen molar-refractivity contribution < 1.29 is 17.6 Å². The Morgan fingerprint density at radius 2 is 2.24 bits per heavy atom. The smallest absolute Gasteiger partial charge is 0.227 e. The third-order valence-corrected chi connectivity index (χ3v) is 5.36. The van der Waals surface area contributed by atoms with Gasteiger partial charge in [-0.15, -0.1) is 0 Å². The average molecular weight is 314 g/mol. The molecule has 0 radical (unpaired) electrons. The molecule has 2 atom stereocenters. The number of carbonyl (C=O) groups is 1. The van der Waals surface area contributed by atoms with Gasteiger partial charge in [0.25, 0.3) is 0 Å². The van der Waals surface area contributed by atoms with Crippen LogP contribution in [0.25, 0.3) is 0 Å². The second kappa shape index (κ2) is 6.19. The molecule has 0 aliphatic carbocycles. The molecule has 1 aromatic heterocycles. The van der Waals surface area contributed by atoms with E-state index >= 15 is 0 Å². The summed E-state index contributed by atoms with van der Waals surface area (Å²) < 4.78 is 30.0. The van der Waals surface area contributed by atoms with Crippen molar-refractivity contribution in [2.45, 2.75) is 25.8 Å². The first kappa shape index (κ1) is 16.0. The summed E-state index contributed by atoms with van der Waals surface area (Å²) in [5.74, 6) is 0.407. The summed E-state index contributed by atoms with van der Waals surface area (Å²) in [5, 5.41) is 0. The van der Waals surface area contributed by atoms with E-state index in [-0.39, 0.29) is 24.4 Å². The van der Waals surface area contributed by atoms with Gasteiger partial charge in [-0.25, -0.2) is 12.7 Å². The summed E-state index contributed by atoms with van der Waals surface area (Å²) in [4.78, 5) is 14.2. The third-order valence-electron chi connectivity index (χ3n) is 4.09. The van der Waals surface area contributed by atoms with Crippen molar-refractivity contribution in [3.8, 4) is 0 Å². The van der Waals surface area contributed by atoms with E-state index in [0.717, 1.165) is 12.2 Å². The highest BCUT2D eigenvalue weighted by atomic mass is 32.2. The van der Waals surface area contributed by atoms with Gasteiger partial charge in [-0.1, -0.05) is 0 Å². The van der Waals surface area contributed by atoms with Crippen LogP contribution in [0.15, 0.2) is 22.8 Å². The second-order valence-corrected chi connectivity index (χ2v) is 7.58. The minimum atomic E-state index is -3.24. The minimum absolute atomic E-state index is 0.0350. The lowest BCUT2D eigenvalue weighted by Crippen LogP contribution is -2.45. The van der Waals surface area contributed by atoms with Gasteiger partial charge in [0.1, 0.15) is 5.76 Å². The van der Waals surface area contributed by atoms with Crippen molar-refractivity contribution in [2.75, 3.05) is 26.4 Å². The van der Waals surface area contributed by atoms with E-state index < -0.39 is 10.0 Å². The van der Waals surface area contributed by atoms with Crippen LogP contribution < -0.4 is 0 Å². The van der Waals surface area contributed by atoms with E-state index in [1.165, 1.54) is 10.6 Å². The summed E-state index contributed by atoms with van der Waals surface area (Å²) in [6, 6.07) is 3.45. The summed E-state index contributed by atoms with van der Waals surface area (Å²) in [5.41, 5.74) is 0. The van der Waals surface area contributed by atoms with Gasteiger partial charge < -0.3 is 9.32 Å². The number of piperidine rings is 1. The van der Waals surface area contributed by atoms with Crippen molar-refractivity contribution in [3.05, 3.63) is 24.2 Å². The Morgan fingerprint density at radius 3 is 2.81 bits per heavy atom. The fraction of sp³-hybridized carbons (Fsp3) is 0.643. The Bertz CT molecular complexity index is 582. The second-order valence-electron chi connectivity index (χ2n) is 5.60. The number of hydrogen-bond donors (Lipinski definition) is 0. The molecule has 1 saturated heterocycles. The zero-order valence-electron chi connectivity index (χ0n) is 12.7. The molecule has 0 saturated carbocycles. The summed E-state index contributed by atoms with van der Waals surface area (Å²) in [6.45, 7) is 2.67. The van der Waals surface area contributed by atoms with Crippen LogP contribution in [0, 0.1) is 5.92 Å². The van der Waals surface area contributed by atoms with Crippen molar-refractivity contribution >= 4 is 15.9 Å². The van der Waals surface area contributed by atoms with E-state index in [0.29, 0.717) is 13.0 Å². The summed E-state index contributed by atoms with van der Waals surface area (Å²) in [6.07, 6.45) is 4.21. The standard InChI is InChI=1S/C14H22N2O4S/c1-11(13-7-5-9-20-13)15(2)14(17)12-6-4-8-16(10-12)21(3,18)19/h5,7,9,11-12H,4,6,8,10H2,1-3H3. The maximum Gasteiger partial charge on any atom is 0.227 e. The van der Waals surface area contributed by atoms with Gasteiger partial charge in [0, 0.05) is 20.1 Å². The molecule has 1 aromatic rings. The van der Waals surface area contributed by atoms with Gasteiger partial charge in [0.05, 0.1) is 24.5 Å². The molecule has 2 rings (SSSR count). The van der Waals surface area contributed by atoms with Gasteiger partial charge in [-0.2, -0.15) is 0 Å². The number of amides is 1. The highest BCUT2D eigenvalue weighted by Gasteiger charge is 2.33.